The zero-order valence-corrected chi connectivity index (χ0v) is 9.40. The van der Waals surface area contributed by atoms with E-state index in [0.717, 1.165) is 18.3 Å². The van der Waals surface area contributed by atoms with Gasteiger partial charge in [-0.25, -0.2) is 0 Å². The van der Waals surface area contributed by atoms with Gasteiger partial charge in [0.25, 0.3) is 0 Å². The number of hydrogen-bond donors (Lipinski definition) is 0. The summed E-state index contributed by atoms with van der Waals surface area (Å²) < 4.78 is 5.54. The van der Waals surface area contributed by atoms with Gasteiger partial charge in [0.05, 0.1) is 13.2 Å². The molecule has 82 valence electrons. The lowest BCUT2D eigenvalue weighted by Crippen LogP contribution is -2.23. The van der Waals surface area contributed by atoms with E-state index in [1.54, 1.807) is 0 Å². The minimum Gasteiger partial charge on any atom is -0.376 e. The molecule has 0 saturated carbocycles. The zero-order chi connectivity index (χ0) is 11.1. The summed E-state index contributed by atoms with van der Waals surface area (Å²) in [6, 6.07) is 9.98. The van der Waals surface area contributed by atoms with Crippen molar-refractivity contribution in [2.24, 2.45) is 5.41 Å². The SMILES string of the molecule is CCC(C)(C=O)COCc1ccccc1. The first-order valence-electron chi connectivity index (χ1n) is 5.28. The Morgan fingerprint density at radius 2 is 2.00 bits per heavy atom. The Bertz CT molecular complexity index is 295. The zero-order valence-electron chi connectivity index (χ0n) is 9.40. The van der Waals surface area contributed by atoms with E-state index in [2.05, 4.69) is 0 Å². The Labute approximate surface area is 91.3 Å². The van der Waals surface area contributed by atoms with Gasteiger partial charge in [0.1, 0.15) is 6.29 Å². The molecule has 0 aliphatic rings. The summed E-state index contributed by atoms with van der Waals surface area (Å²) in [5.41, 5.74) is 0.802. The lowest BCUT2D eigenvalue weighted by molar-refractivity contribution is -0.119. The van der Waals surface area contributed by atoms with Gasteiger partial charge >= 0.3 is 0 Å². The molecule has 0 bridgehead atoms. The van der Waals surface area contributed by atoms with Gasteiger partial charge in [-0.15, -0.1) is 0 Å². The van der Waals surface area contributed by atoms with Crippen molar-refractivity contribution in [1.82, 2.24) is 0 Å². The van der Waals surface area contributed by atoms with E-state index in [1.165, 1.54) is 0 Å². The Morgan fingerprint density at radius 1 is 1.33 bits per heavy atom. The van der Waals surface area contributed by atoms with Crippen molar-refractivity contribution in [2.45, 2.75) is 26.9 Å². The minimum absolute atomic E-state index is 0.339. The Morgan fingerprint density at radius 3 is 2.53 bits per heavy atom. The molecule has 1 unspecified atom stereocenters. The second kappa shape index (κ2) is 5.66. The summed E-state index contributed by atoms with van der Waals surface area (Å²) >= 11 is 0. The first-order valence-corrected chi connectivity index (χ1v) is 5.28. The molecule has 1 rings (SSSR count). The van der Waals surface area contributed by atoms with E-state index in [-0.39, 0.29) is 5.41 Å². The van der Waals surface area contributed by atoms with Crippen LogP contribution >= 0.6 is 0 Å². The van der Waals surface area contributed by atoms with Gasteiger partial charge in [0.2, 0.25) is 0 Å². The van der Waals surface area contributed by atoms with E-state index in [9.17, 15) is 4.79 Å². The second-order valence-corrected chi connectivity index (χ2v) is 4.10. The molecule has 1 atom stereocenters. The predicted octanol–water partition coefficient (Wildman–Crippen LogP) is 2.82. The molecule has 2 nitrogen and oxygen atoms in total. The topological polar surface area (TPSA) is 26.3 Å². The van der Waals surface area contributed by atoms with Crippen molar-refractivity contribution in [2.75, 3.05) is 6.61 Å². The van der Waals surface area contributed by atoms with Crippen LogP contribution in [0.15, 0.2) is 30.3 Å². The maximum atomic E-state index is 10.8. The Balaban J connectivity index is 2.36. The summed E-state index contributed by atoms with van der Waals surface area (Å²) in [5.74, 6) is 0. The molecule has 0 N–H and O–H groups in total. The first kappa shape index (κ1) is 11.9. The quantitative estimate of drug-likeness (QED) is 0.669. The lowest BCUT2D eigenvalue weighted by atomic mass is 9.91. The smallest absolute Gasteiger partial charge is 0.128 e. The monoisotopic (exact) mass is 206 g/mol. The Hall–Kier alpha value is -1.15. The highest BCUT2D eigenvalue weighted by Crippen LogP contribution is 2.18. The van der Waals surface area contributed by atoms with Crippen LogP contribution in [0.5, 0.6) is 0 Å². The van der Waals surface area contributed by atoms with Gasteiger partial charge in [0, 0.05) is 5.41 Å². The van der Waals surface area contributed by atoms with E-state index >= 15 is 0 Å². The van der Waals surface area contributed by atoms with Crippen LogP contribution in [0.3, 0.4) is 0 Å². The maximum absolute atomic E-state index is 10.8. The minimum atomic E-state index is -0.339. The fourth-order valence-corrected chi connectivity index (χ4v) is 1.20. The molecule has 0 aromatic heterocycles. The van der Waals surface area contributed by atoms with Crippen LogP contribution < -0.4 is 0 Å². The lowest BCUT2D eigenvalue weighted by Gasteiger charge is -2.20. The Kier molecular flexibility index (Phi) is 4.50. The summed E-state index contributed by atoms with van der Waals surface area (Å²) in [6.45, 7) is 4.98. The van der Waals surface area contributed by atoms with Gasteiger partial charge in [0.15, 0.2) is 0 Å². The average molecular weight is 206 g/mol. The number of rotatable bonds is 6. The fraction of sp³-hybridized carbons (Fsp3) is 0.462. The molecular formula is C13H18O2. The van der Waals surface area contributed by atoms with Crippen LogP contribution in [-0.2, 0) is 16.1 Å². The summed E-state index contributed by atoms with van der Waals surface area (Å²) in [6.07, 6.45) is 1.79. The second-order valence-electron chi connectivity index (χ2n) is 4.10. The van der Waals surface area contributed by atoms with E-state index in [4.69, 9.17) is 4.74 Å². The summed E-state index contributed by atoms with van der Waals surface area (Å²) in [4.78, 5) is 10.8. The van der Waals surface area contributed by atoms with Crippen molar-refractivity contribution in [3.63, 3.8) is 0 Å². The van der Waals surface area contributed by atoms with Gasteiger partial charge in [-0.3, -0.25) is 0 Å². The third-order valence-electron chi connectivity index (χ3n) is 2.64. The van der Waals surface area contributed by atoms with Crippen molar-refractivity contribution in [3.8, 4) is 0 Å². The molecule has 2 heteroatoms. The van der Waals surface area contributed by atoms with E-state index < -0.39 is 0 Å². The normalized spacial score (nSPS) is 14.5. The van der Waals surface area contributed by atoms with Gasteiger partial charge in [-0.05, 0) is 12.0 Å². The third kappa shape index (κ3) is 3.84. The molecule has 0 aliphatic carbocycles. The van der Waals surface area contributed by atoms with Crippen molar-refractivity contribution in [3.05, 3.63) is 35.9 Å². The molecule has 1 aromatic carbocycles. The highest BCUT2D eigenvalue weighted by Gasteiger charge is 2.21. The van der Waals surface area contributed by atoms with Crippen LogP contribution in [0.1, 0.15) is 25.8 Å². The summed E-state index contributed by atoms with van der Waals surface area (Å²) in [5, 5.41) is 0. The molecule has 0 aliphatic heterocycles. The number of carbonyl (C=O) groups excluding carboxylic acids is 1. The molecule has 0 heterocycles. The van der Waals surface area contributed by atoms with E-state index in [0.29, 0.717) is 13.2 Å². The largest absolute Gasteiger partial charge is 0.376 e. The van der Waals surface area contributed by atoms with Gasteiger partial charge < -0.3 is 9.53 Å². The molecule has 0 saturated heterocycles. The molecule has 0 spiro atoms. The van der Waals surface area contributed by atoms with Crippen LogP contribution in [0, 0.1) is 5.41 Å². The molecule has 0 radical (unpaired) electrons. The van der Waals surface area contributed by atoms with Crippen LogP contribution in [-0.4, -0.2) is 12.9 Å². The number of aldehydes is 1. The maximum Gasteiger partial charge on any atom is 0.128 e. The van der Waals surface area contributed by atoms with Crippen LogP contribution in [0.4, 0.5) is 0 Å². The van der Waals surface area contributed by atoms with Crippen LogP contribution in [0.25, 0.3) is 0 Å². The highest BCUT2D eigenvalue weighted by atomic mass is 16.5. The van der Waals surface area contributed by atoms with E-state index in [1.807, 2.05) is 44.2 Å². The van der Waals surface area contributed by atoms with Gasteiger partial charge in [-0.1, -0.05) is 44.2 Å². The molecule has 1 aromatic rings. The predicted molar refractivity (Wildman–Crippen MR) is 60.6 cm³/mol. The molecule has 0 amide bonds. The number of benzene rings is 1. The average Bonchev–Trinajstić information content (AvgIpc) is 2.30. The number of hydrogen-bond acceptors (Lipinski definition) is 2. The molecule has 0 fully saturated rings. The van der Waals surface area contributed by atoms with Crippen molar-refractivity contribution in [1.29, 1.82) is 0 Å². The van der Waals surface area contributed by atoms with Gasteiger partial charge in [-0.2, -0.15) is 0 Å². The number of carbonyl (C=O) groups is 1. The van der Waals surface area contributed by atoms with Crippen LogP contribution in [0.2, 0.25) is 0 Å². The fourth-order valence-electron chi connectivity index (χ4n) is 1.20. The first-order chi connectivity index (χ1) is 7.20. The summed E-state index contributed by atoms with van der Waals surface area (Å²) in [7, 11) is 0. The number of ether oxygens (including phenoxy) is 1. The standard InChI is InChI=1S/C13H18O2/c1-3-13(2,10-14)11-15-9-12-7-5-4-6-8-12/h4-8,10H,3,9,11H2,1-2H3. The third-order valence-corrected chi connectivity index (χ3v) is 2.64. The highest BCUT2D eigenvalue weighted by molar-refractivity contribution is 5.58. The van der Waals surface area contributed by atoms with Crippen molar-refractivity contribution >= 4 is 6.29 Å². The molecule has 15 heavy (non-hydrogen) atoms. The van der Waals surface area contributed by atoms with Crippen molar-refractivity contribution < 1.29 is 9.53 Å². The molecular weight excluding hydrogens is 188 g/mol.